The monoisotopic (exact) mass is 301 g/mol. The van der Waals surface area contributed by atoms with Gasteiger partial charge < -0.3 is 9.94 Å². The summed E-state index contributed by atoms with van der Waals surface area (Å²) < 4.78 is 43.3. The SMILES string of the molecule is ON1[C@@H]2CCC[C@H]1C[C@@H](Oc1ccc(C(F)(F)F)cc1)C2. The van der Waals surface area contributed by atoms with E-state index in [1.165, 1.54) is 17.2 Å². The zero-order valence-corrected chi connectivity index (χ0v) is 11.5. The highest BCUT2D eigenvalue weighted by molar-refractivity contribution is 5.29. The van der Waals surface area contributed by atoms with Crippen LogP contribution >= 0.6 is 0 Å². The van der Waals surface area contributed by atoms with Crippen molar-refractivity contribution in [1.82, 2.24) is 5.06 Å². The van der Waals surface area contributed by atoms with Gasteiger partial charge in [-0.25, -0.2) is 0 Å². The Bertz CT molecular complexity index is 475. The second kappa shape index (κ2) is 5.50. The first-order chi connectivity index (χ1) is 9.93. The summed E-state index contributed by atoms with van der Waals surface area (Å²) in [5, 5.41) is 11.4. The molecule has 0 amide bonds. The van der Waals surface area contributed by atoms with Gasteiger partial charge in [-0.1, -0.05) is 6.42 Å². The van der Waals surface area contributed by atoms with Crippen molar-refractivity contribution >= 4 is 0 Å². The number of alkyl halides is 3. The number of ether oxygens (including phenoxy) is 1. The van der Waals surface area contributed by atoms with Crippen molar-refractivity contribution in [2.24, 2.45) is 0 Å². The number of hydrogen-bond acceptors (Lipinski definition) is 3. The van der Waals surface area contributed by atoms with E-state index in [9.17, 15) is 18.4 Å². The number of hydrogen-bond donors (Lipinski definition) is 1. The maximum atomic E-state index is 12.5. The minimum Gasteiger partial charge on any atom is -0.490 e. The number of benzene rings is 1. The number of halogens is 3. The largest absolute Gasteiger partial charge is 0.490 e. The Kier molecular flexibility index (Phi) is 3.84. The zero-order valence-electron chi connectivity index (χ0n) is 11.5. The molecule has 2 bridgehead atoms. The summed E-state index contributed by atoms with van der Waals surface area (Å²) in [5.74, 6) is 0.456. The van der Waals surface area contributed by atoms with Crippen LogP contribution in [-0.2, 0) is 6.18 Å². The van der Waals surface area contributed by atoms with E-state index in [2.05, 4.69) is 0 Å². The molecule has 0 aliphatic carbocycles. The molecule has 2 heterocycles. The number of piperidine rings is 2. The third-order valence-electron chi connectivity index (χ3n) is 4.38. The fourth-order valence-electron chi connectivity index (χ4n) is 3.32. The average molecular weight is 301 g/mol. The van der Waals surface area contributed by atoms with Crippen molar-refractivity contribution in [3.63, 3.8) is 0 Å². The summed E-state index contributed by atoms with van der Waals surface area (Å²) in [6.07, 6.45) is 0.0688. The first-order valence-corrected chi connectivity index (χ1v) is 7.24. The third kappa shape index (κ3) is 3.16. The lowest BCUT2D eigenvalue weighted by Crippen LogP contribution is -2.52. The van der Waals surface area contributed by atoms with Gasteiger partial charge in [0.2, 0.25) is 0 Å². The van der Waals surface area contributed by atoms with E-state index < -0.39 is 11.7 Å². The highest BCUT2D eigenvalue weighted by Crippen LogP contribution is 2.35. The van der Waals surface area contributed by atoms with Gasteiger partial charge in [0.05, 0.1) is 5.56 Å². The highest BCUT2D eigenvalue weighted by atomic mass is 19.4. The number of rotatable bonds is 2. The van der Waals surface area contributed by atoms with Crippen molar-refractivity contribution in [2.75, 3.05) is 0 Å². The summed E-state index contributed by atoms with van der Waals surface area (Å²) in [6, 6.07) is 5.02. The molecule has 2 saturated heterocycles. The molecule has 2 aliphatic rings. The average Bonchev–Trinajstić information content (AvgIpc) is 2.39. The predicted octanol–water partition coefficient (Wildman–Crippen LogP) is 3.86. The Labute approximate surface area is 121 Å². The summed E-state index contributed by atoms with van der Waals surface area (Å²) in [6.45, 7) is 0. The molecule has 1 aromatic carbocycles. The van der Waals surface area contributed by atoms with E-state index in [0.717, 1.165) is 31.4 Å². The Morgan fingerprint density at radius 2 is 1.62 bits per heavy atom. The quantitative estimate of drug-likeness (QED) is 0.900. The molecule has 1 aromatic rings. The van der Waals surface area contributed by atoms with Crippen LogP contribution in [0.1, 0.15) is 37.7 Å². The topological polar surface area (TPSA) is 32.7 Å². The van der Waals surface area contributed by atoms with Crippen LogP contribution in [0.4, 0.5) is 13.2 Å². The molecule has 2 fully saturated rings. The zero-order chi connectivity index (χ0) is 15.0. The Morgan fingerprint density at radius 3 is 2.14 bits per heavy atom. The van der Waals surface area contributed by atoms with E-state index in [0.29, 0.717) is 18.6 Å². The molecular weight excluding hydrogens is 283 g/mol. The molecule has 0 unspecified atom stereocenters. The predicted molar refractivity (Wildman–Crippen MR) is 70.1 cm³/mol. The van der Waals surface area contributed by atoms with Gasteiger partial charge in [-0.3, -0.25) is 0 Å². The molecule has 3 rings (SSSR count). The smallest absolute Gasteiger partial charge is 0.416 e. The summed E-state index contributed by atoms with van der Waals surface area (Å²) in [7, 11) is 0. The van der Waals surface area contributed by atoms with Gasteiger partial charge in [0.1, 0.15) is 11.9 Å². The first kappa shape index (κ1) is 14.7. The van der Waals surface area contributed by atoms with Gasteiger partial charge in [-0.15, -0.1) is 0 Å². The van der Waals surface area contributed by atoms with Crippen LogP contribution in [0.3, 0.4) is 0 Å². The van der Waals surface area contributed by atoms with Crippen molar-refractivity contribution < 1.29 is 23.1 Å². The van der Waals surface area contributed by atoms with Crippen molar-refractivity contribution in [1.29, 1.82) is 0 Å². The minimum absolute atomic E-state index is 0.0413. The molecule has 0 aromatic heterocycles. The fourth-order valence-corrected chi connectivity index (χ4v) is 3.32. The lowest BCUT2D eigenvalue weighted by molar-refractivity contribution is -0.207. The van der Waals surface area contributed by atoms with E-state index in [4.69, 9.17) is 4.74 Å². The molecule has 3 nitrogen and oxygen atoms in total. The Hall–Kier alpha value is -1.27. The van der Waals surface area contributed by atoms with Gasteiger partial charge in [0, 0.05) is 24.9 Å². The Balaban J connectivity index is 1.64. The maximum Gasteiger partial charge on any atom is 0.416 e. The number of fused-ring (bicyclic) bond motifs is 2. The van der Waals surface area contributed by atoms with Gasteiger partial charge in [-0.05, 0) is 37.1 Å². The molecule has 1 N–H and O–H groups in total. The van der Waals surface area contributed by atoms with E-state index in [1.807, 2.05) is 0 Å². The molecule has 0 saturated carbocycles. The molecule has 116 valence electrons. The van der Waals surface area contributed by atoms with Crippen LogP contribution in [0.5, 0.6) is 5.75 Å². The lowest BCUT2D eigenvalue weighted by atomic mass is 9.85. The molecule has 0 radical (unpaired) electrons. The number of hydroxylamine groups is 2. The van der Waals surface area contributed by atoms with Gasteiger partial charge in [0.15, 0.2) is 0 Å². The van der Waals surface area contributed by atoms with Crippen LogP contribution in [0, 0.1) is 0 Å². The van der Waals surface area contributed by atoms with Crippen molar-refractivity contribution in [3.05, 3.63) is 29.8 Å². The van der Waals surface area contributed by atoms with Crippen LogP contribution in [0.25, 0.3) is 0 Å². The Morgan fingerprint density at radius 1 is 1.05 bits per heavy atom. The first-order valence-electron chi connectivity index (χ1n) is 7.24. The fraction of sp³-hybridized carbons (Fsp3) is 0.600. The molecule has 0 spiro atoms. The second-order valence-electron chi connectivity index (χ2n) is 5.85. The van der Waals surface area contributed by atoms with Crippen molar-refractivity contribution in [2.45, 2.75) is 56.5 Å². The van der Waals surface area contributed by atoms with E-state index >= 15 is 0 Å². The minimum atomic E-state index is -4.32. The molecule has 2 aliphatic heterocycles. The van der Waals surface area contributed by atoms with E-state index in [-0.39, 0.29) is 18.2 Å². The maximum absolute atomic E-state index is 12.5. The molecule has 6 heteroatoms. The second-order valence-corrected chi connectivity index (χ2v) is 5.85. The van der Waals surface area contributed by atoms with Gasteiger partial charge in [-0.2, -0.15) is 18.2 Å². The summed E-state index contributed by atoms with van der Waals surface area (Å²) in [4.78, 5) is 0. The molecule has 21 heavy (non-hydrogen) atoms. The molecular formula is C15H18F3NO2. The highest BCUT2D eigenvalue weighted by Gasteiger charge is 2.38. The van der Waals surface area contributed by atoms with E-state index in [1.54, 1.807) is 0 Å². The van der Waals surface area contributed by atoms with Crippen LogP contribution in [-0.4, -0.2) is 28.5 Å². The van der Waals surface area contributed by atoms with Crippen LogP contribution in [0.2, 0.25) is 0 Å². The summed E-state index contributed by atoms with van der Waals surface area (Å²) in [5.41, 5.74) is -0.670. The van der Waals surface area contributed by atoms with Gasteiger partial charge >= 0.3 is 6.18 Å². The third-order valence-corrected chi connectivity index (χ3v) is 4.38. The van der Waals surface area contributed by atoms with Crippen molar-refractivity contribution in [3.8, 4) is 5.75 Å². The van der Waals surface area contributed by atoms with Crippen LogP contribution in [0.15, 0.2) is 24.3 Å². The number of nitrogens with zero attached hydrogens (tertiary/aromatic N) is 1. The van der Waals surface area contributed by atoms with Gasteiger partial charge in [0.25, 0.3) is 0 Å². The van der Waals surface area contributed by atoms with Crippen LogP contribution < -0.4 is 4.74 Å². The lowest BCUT2D eigenvalue weighted by Gasteiger charge is -2.44. The normalized spacial score (nSPS) is 30.2. The summed E-state index contributed by atoms with van der Waals surface area (Å²) >= 11 is 0. The molecule has 3 atom stereocenters. The standard InChI is InChI=1S/C15H18F3NO2/c16-15(17,18)10-4-6-13(7-5-10)21-14-8-11-2-1-3-12(9-14)19(11)20/h4-7,11-12,14,20H,1-3,8-9H2/t11-,12+,14+.